The van der Waals surface area contributed by atoms with E-state index < -0.39 is 12.0 Å². The van der Waals surface area contributed by atoms with Gasteiger partial charge in [0, 0.05) is 28.1 Å². The SMILES string of the molecule is COC(=O)CC1C(=O)NCCN1C(=O)c1c(C)sc2ccccc12. The number of hydrogen-bond donors (Lipinski definition) is 1. The zero-order chi connectivity index (χ0) is 17.3. The van der Waals surface area contributed by atoms with Crippen LogP contribution in [0.2, 0.25) is 0 Å². The molecule has 0 radical (unpaired) electrons. The van der Waals surface area contributed by atoms with Gasteiger partial charge in [-0.15, -0.1) is 11.3 Å². The Morgan fingerprint density at radius 1 is 1.38 bits per heavy atom. The first kappa shape index (κ1) is 16.4. The third-order valence-electron chi connectivity index (χ3n) is 4.16. The number of nitrogens with zero attached hydrogens (tertiary/aromatic N) is 1. The highest BCUT2D eigenvalue weighted by atomic mass is 32.1. The monoisotopic (exact) mass is 346 g/mol. The van der Waals surface area contributed by atoms with Crippen molar-refractivity contribution in [3.8, 4) is 0 Å². The van der Waals surface area contributed by atoms with Gasteiger partial charge < -0.3 is 15.0 Å². The average Bonchev–Trinajstić information content (AvgIpc) is 2.91. The summed E-state index contributed by atoms with van der Waals surface area (Å²) in [4.78, 5) is 39.3. The van der Waals surface area contributed by atoms with Gasteiger partial charge in [0.25, 0.3) is 5.91 Å². The van der Waals surface area contributed by atoms with Crippen molar-refractivity contribution >= 4 is 39.2 Å². The summed E-state index contributed by atoms with van der Waals surface area (Å²) in [6, 6.07) is 6.86. The highest BCUT2D eigenvalue weighted by molar-refractivity contribution is 7.19. The van der Waals surface area contributed by atoms with E-state index in [1.807, 2.05) is 31.2 Å². The van der Waals surface area contributed by atoms with Crippen LogP contribution in [-0.4, -0.2) is 48.9 Å². The first-order chi connectivity index (χ1) is 11.5. The third kappa shape index (κ3) is 2.87. The number of aryl methyl sites for hydroxylation is 1. The minimum absolute atomic E-state index is 0.144. The summed E-state index contributed by atoms with van der Waals surface area (Å²) in [5.74, 6) is -1.05. The molecule has 1 aliphatic rings. The molecule has 24 heavy (non-hydrogen) atoms. The molecule has 0 bridgehead atoms. The Balaban J connectivity index is 1.98. The van der Waals surface area contributed by atoms with Gasteiger partial charge in [-0.25, -0.2) is 0 Å². The Kier molecular flexibility index (Phi) is 4.53. The van der Waals surface area contributed by atoms with E-state index in [4.69, 9.17) is 0 Å². The molecule has 0 spiro atoms. The number of benzene rings is 1. The van der Waals surface area contributed by atoms with Crippen molar-refractivity contribution in [1.82, 2.24) is 10.2 Å². The fourth-order valence-corrected chi connectivity index (χ4v) is 4.03. The third-order valence-corrected chi connectivity index (χ3v) is 5.25. The first-order valence-corrected chi connectivity index (χ1v) is 8.48. The summed E-state index contributed by atoms with van der Waals surface area (Å²) in [5, 5.41) is 3.59. The Bertz CT molecular complexity index is 814. The molecule has 3 rings (SSSR count). The van der Waals surface area contributed by atoms with Gasteiger partial charge in [0.05, 0.1) is 19.1 Å². The molecule has 126 valence electrons. The molecular weight excluding hydrogens is 328 g/mol. The fourth-order valence-electron chi connectivity index (χ4n) is 2.98. The zero-order valence-corrected chi connectivity index (χ0v) is 14.3. The number of nitrogens with one attached hydrogen (secondary N) is 1. The largest absolute Gasteiger partial charge is 0.469 e. The van der Waals surface area contributed by atoms with Crippen LogP contribution < -0.4 is 5.32 Å². The molecular formula is C17H18N2O4S. The molecule has 1 aromatic heterocycles. The summed E-state index contributed by atoms with van der Waals surface area (Å²) >= 11 is 1.55. The van der Waals surface area contributed by atoms with Gasteiger partial charge in [-0.2, -0.15) is 0 Å². The van der Waals surface area contributed by atoms with Gasteiger partial charge in [-0.3, -0.25) is 14.4 Å². The van der Waals surface area contributed by atoms with Crippen LogP contribution in [0.25, 0.3) is 10.1 Å². The summed E-state index contributed by atoms with van der Waals surface area (Å²) in [7, 11) is 1.27. The number of amides is 2. The minimum atomic E-state index is -0.836. The summed E-state index contributed by atoms with van der Waals surface area (Å²) in [6.07, 6.45) is -0.144. The number of carbonyl (C=O) groups excluding carboxylic acids is 3. The normalized spacial score (nSPS) is 17.7. The topological polar surface area (TPSA) is 75.7 Å². The van der Waals surface area contributed by atoms with Crippen LogP contribution in [0, 0.1) is 6.92 Å². The Hall–Kier alpha value is -2.41. The van der Waals surface area contributed by atoms with Crippen LogP contribution in [0.3, 0.4) is 0 Å². The number of ether oxygens (including phenoxy) is 1. The molecule has 1 aromatic carbocycles. The lowest BCUT2D eigenvalue weighted by Gasteiger charge is -2.34. The van der Waals surface area contributed by atoms with E-state index in [2.05, 4.69) is 10.1 Å². The van der Waals surface area contributed by atoms with Crippen LogP contribution in [0.15, 0.2) is 24.3 Å². The van der Waals surface area contributed by atoms with Gasteiger partial charge in [0.15, 0.2) is 0 Å². The molecule has 1 fully saturated rings. The Labute approximate surface area is 143 Å². The van der Waals surface area contributed by atoms with E-state index in [-0.39, 0.29) is 18.2 Å². The van der Waals surface area contributed by atoms with E-state index in [1.54, 1.807) is 11.3 Å². The highest BCUT2D eigenvalue weighted by Gasteiger charge is 2.36. The number of hydrogen-bond acceptors (Lipinski definition) is 5. The van der Waals surface area contributed by atoms with Crippen molar-refractivity contribution in [3.63, 3.8) is 0 Å². The lowest BCUT2D eigenvalue weighted by Crippen LogP contribution is -2.57. The van der Waals surface area contributed by atoms with E-state index in [0.29, 0.717) is 18.7 Å². The van der Waals surface area contributed by atoms with Gasteiger partial charge in [-0.05, 0) is 13.0 Å². The number of piperazine rings is 1. The van der Waals surface area contributed by atoms with Gasteiger partial charge in [-0.1, -0.05) is 18.2 Å². The molecule has 0 saturated carbocycles. The molecule has 2 heterocycles. The second kappa shape index (κ2) is 6.60. The average molecular weight is 346 g/mol. The van der Waals surface area contributed by atoms with Crippen LogP contribution in [0.1, 0.15) is 21.7 Å². The Morgan fingerprint density at radius 2 is 2.12 bits per heavy atom. The van der Waals surface area contributed by atoms with Crippen LogP contribution in [-0.2, 0) is 14.3 Å². The summed E-state index contributed by atoms with van der Waals surface area (Å²) < 4.78 is 5.69. The molecule has 1 saturated heterocycles. The number of rotatable bonds is 3. The maximum Gasteiger partial charge on any atom is 0.308 e. The summed E-state index contributed by atoms with van der Waals surface area (Å²) in [6.45, 7) is 2.65. The van der Waals surface area contributed by atoms with Gasteiger partial charge in [0.1, 0.15) is 6.04 Å². The predicted octanol–water partition coefficient (Wildman–Crippen LogP) is 1.71. The minimum Gasteiger partial charge on any atom is -0.469 e. The smallest absolute Gasteiger partial charge is 0.308 e. The van der Waals surface area contributed by atoms with Crippen molar-refractivity contribution in [2.45, 2.75) is 19.4 Å². The van der Waals surface area contributed by atoms with Crippen LogP contribution in [0.4, 0.5) is 0 Å². The highest BCUT2D eigenvalue weighted by Crippen LogP contribution is 2.32. The summed E-state index contributed by atoms with van der Waals surface area (Å²) in [5.41, 5.74) is 0.611. The molecule has 1 N–H and O–H groups in total. The molecule has 2 aromatic rings. The maximum atomic E-state index is 13.1. The lowest BCUT2D eigenvalue weighted by atomic mass is 10.0. The molecule has 7 heteroatoms. The van der Waals surface area contributed by atoms with Crippen molar-refractivity contribution in [2.24, 2.45) is 0 Å². The number of thiophene rings is 1. The van der Waals surface area contributed by atoms with E-state index in [0.717, 1.165) is 15.0 Å². The predicted molar refractivity (Wildman–Crippen MR) is 91.0 cm³/mol. The number of carbonyl (C=O) groups is 3. The van der Waals surface area contributed by atoms with Crippen molar-refractivity contribution in [2.75, 3.05) is 20.2 Å². The second-order valence-corrected chi connectivity index (χ2v) is 6.87. The molecule has 2 amide bonds. The second-order valence-electron chi connectivity index (χ2n) is 5.62. The molecule has 1 unspecified atom stereocenters. The standard InChI is InChI=1S/C17H18N2O4S/c1-10-15(11-5-3-4-6-13(11)24-10)17(22)19-8-7-18-16(21)12(19)9-14(20)23-2/h3-6,12H,7-9H2,1-2H3,(H,18,21). The van der Waals surface area contributed by atoms with Gasteiger partial charge in [0.2, 0.25) is 5.91 Å². The number of methoxy groups -OCH3 is 1. The van der Waals surface area contributed by atoms with E-state index in [1.165, 1.54) is 12.0 Å². The molecule has 0 aliphatic carbocycles. The van der Waals surface area contributed by atoms with Crippen molar-refractivity contribution in [1.29, 1.82) is 0 Å². The number of esters is 1. The van der Waals surface area contributed by atoms with Gasteiger partial charge >= 0.3 is 5.97 Å². The molecule has 1 atom stereocenters. The molecule has 1 aliphatic heterocycles. The quantitative estimate of drug-likeness (QED) is 0.859. The number of fused-ring (bicyclic) bond motifs is 1. The molecule has 6 nitrogen and oxygen atoms in total. The fraction of sp³-hybridized carbons (Fsp3) is 0.353. The first-order valence-electron chi connectivity index (χ1n) is 7.66. The van der Waals surface area contributed by atoms with Crippen LogP contribution >= 0.6 is 11.3 Å². The zero-order valence-electron chi connectivity index (χ0n) is 13.5. The van der Waals surface area contributed by atoms with Crippen LogP contribution in [0.5, 0.6) is 0 Å². The van der Waals surface area contributed by atoms with E-state index >= 15 is 0 Å². The van der Waals surface area contributed by atoms with Crippen molar-refractivity contribution in [3.05, 3.63) is 34.7 Å². The lowest BCUT2D eigenvalue weighted by molar-refractivity contribution is -0.145. The maximum absolute atomic E-state index is 13.1. The Morgan fingerprint density at radius 3 is 2.88 bits per heavy atom. The van der Waals surface area contributed by atoms with Crippen molar-refractivity contribution < 1.29 is 19.1 Å². The van der Waals surface area contributed by atoms with E-state index in [9.17, 15) is 14.4 Å².